The van der Waals surface area contributed by atoms with Gasteiger partial charge in [0.15, 0.2) is 11.5 Å². The second-order valence-corrected chi connectivity index (χ2v) is 7.46. The summed E-state index contributed by atoms with van der Waals surface area (Å²) in [7, 11) is 5.88. The Kier molecular flexibility index (Phi) is 4.28. The zero-order chi connectivity index (χ0) is 20.8. The zero-order valence-electron chi connectivity index (χ0n) is 17.1. The molecule has 5 heterocycles. The quantitative estimate of drug-likeness (QED) is 0.472. The molecule has 0 amide bonds. The van der Waals surface area contributed by atoms with Crippen LogP contribution in [0.15, 0.2) is 24.8 Å². The first-order valence-electron chi connectivity index (χ1n) is 9.67. The van der Waals surface area contributed by atoms with Gasteiger partial charge in [-0.25, -0.2) is 14.6 Å². The van der Waals surface area contributed by atoms with E-state index in [4.69, 9.17) is 10.5 Å². The molecule has 4 aromatic heterocycles. The number of nitrogens with zero attached hydrogens (tertiary/aromatic N) is 8. The Morgan fingerprint density at radius 1 is 1.03 bits per heavy atom. The van der Waals surface area contributed by atoms with Crippen LogP contribution in [0.5, 0.6) is 5.88 Å². The molecule has 0 saturated heterocycles. The van der Waals surface area contributed by atoms with Gasteiger partial charge in [0.1, 0.15) is 6.61 Å². The van der Waals surface area contributed by atoms with Crippen LogP contribution in [0.3, 0.4) is 0 Å². The van der Waals surface area contributed by atoms with Crippen LogP contribution >= 0.6 is 0 Å². The van der Waals surface area contributed by atoms with Crippen molar-refractivity contribution in [2.75, 3.05) is 25.9 Å². The smallest absolute Gasteiger partial charge is 0.221 e. The van der Waals surface area contributed by atoms with E-state index in [2.05, 4.69) is 38.2 Å². The van der Waals surface area contributed by atoms with Crippen LogP contribution in [0.4, 0.5) is 5.82 Å². The molecule has 0 fully saturated rings. The lowest BCUT2D eigenvalue weighted by Crippen LogP contribution is -2.25. The SMILES string of the molecule is CN1CCOc2c(cnn2C)-c2cn3c(cnc3c(N)n2)/C=C/c2cnn(C)c2C1. The molecule has 4 aromatic rings. The second-order valence-electron chi connectivity index (χ2n) is 7.46. The number of aromatic nitrogens is 7. The van der Waals surface area contributed by atoms with Crippen LogP contribution in [0, 0.1) is 0 Å². The van der Waals surface area contributed by atoms with Crippen molar-refractivity contribution in [1.82, 2.24) is 38.8 Å². The predicted molar refractivity (Wildman–Crippen MR) is 114 cm³/mol. The van der Waals surface area contributed by atoms with E-state index in [1.165, 1.54) is 0 Å². The average molecular weight is 405 g/mol. The Hall–Kier alpha value is -3.66. The summed E-state index contributed by atoms with van der Waals surface area (Å²) in [6.45, 7) is 2.01. The summed E-state index contributed by atoms with van der Waals surface area (Å²) < 4.78 is 11.7. The number of anilines is 1. The summed E-state index contributed by atoms with van der Waals surface area (Å²) in [5.74, 6) is 1.01. The van der Waals surface area contributed by atoms with E-state index in [1.54, 1.807) is 17.1 Å². The van der Waals surface area contributed by atoms with Crippen LogP contribution in [0.1, 0.15) is 17.0 Å². The van der Waals surface area contributed by atoms with Crippen LogP contribution in [-0.4, -0.2) is 59.0 Å². The van der Waals surface area contributed by atoms with Gasteiger partial charge in [-0.1, -0.05) is 0 Å². The molecule has 30 heavy (non-hydrogen) atoms. The summed E-state index contributed by atoms with van der Waals surface area (Å²) in [5, 5.41) is 8.79. The number of aryl methyl sites for hydroxylation is 2. The van der Waals surface area contributed by atoms with Crippen molar-refractivity contribution in [2.24, 2.45) is 14.1 Å². The Bertz CT molecular complexity index is 1260. The number of nitrogens with two attached hydrogens (primary N) is 1. The highest BCUT2D eigenvalue weighted by atomic mass is 16.5. The molecule has 1 aliphatic rings. The summed E-state index contributed by atoms with van der Waals surface area (Å²) in [5.41, 5.74) is 11.4. The maximum absolute atomic E-state index is 6.22. The summed E-state index contributed by atoms with van der Waals surface area (Å²) >= 11 is 0. The van der Waals surface area contributed by atoms with E-state index in [0.717, 1.165) is 35.6 Å². The van der Waals surface area contributed by atoms with Crippen LogP contribution in [0.2, 0.25) is 0 Å². The zero-order valence-corrected chi connectivity index (χ0v) is 17.1. The molecule has 0 unspecified atom stereocenters. The Balaban J connectivity index is 1.70. The molecular formula is C20H23N9O. The Labute approximate surface area is 173 Å². The van der Waals surface area contributed by atoms with E-state index in [9.17, 15) is 0 Å². The molecule has 0 radical (unpaired) electrons. The third-order valence-corrected chi connectivity index (χ3v) is 5.37. The summed E-state index contributed by atoms with van der Waals surface area (Å²) in [6, 6.07) is 0. The number of imidazole rings is 1. The number of hydrogen-bond acceptors (Lipinski definition) is 7. The topological polar surface area (TPSA) is 104 Å². The Morgan fingerprint density at radius 2 is 1.87 bits per heavy atom. The molecular weight excluding hydrogens is 382 g/mol. The predicted octanol–water partition coefficient (Wildman–Crippen LogP) is 1.44. The lowest BCUT2D eigenvalue weighted by Gasteiger charge is -2.18. The van der Waals surface area contributed by atoms with Crippen molar-refractivity contribution in [3.05, 3.63) is 41.7 Å². The minimum atomic E-state index is 0.355. The first-order chi connectivity index (χ1) is 14.5. The fraction of sp³-hybridized carbons (Fsp3) is 0.300. The first kappa shape index (κ1) is 18.4. The van der Waals surface area contributed by atoms with Gasteiger partial charge >= 0.3 is 0 Å². The number of hydrogen-bond donors (Lipinski definition) is 1. The third-order valence-electron chi connectivity index (χ3n) is 5.37. The molecule has 0 saturated carbocycles. The van der Waals surface area contributed by atoms with Crippen LogP contribution in [0.25, 0.3) is 29.1 Å². The molecule has 0 aromatic carbocycles. The fourth-order valence-corrected chi connectivity index (χ4v) is 3.68. The number of rotatable bonds is 0. The van der Waals surface area contributed by atoms with Gasteiger partial charge in [-0.3, -0.25) is 14.0 Å². The number of nitrogen functional groups attached to an aromatic ring is 1. The van der Waals surface area contributed by atoms with Gasteiger partial charge in [-0.2, -0.15) is 10.2 Å². The first-order valence-corrected chi connectivity index (χ1v) is 9.67. The van der Waals surface area contributed by atoms with Gasteiger partial charge < -0.3 is 10.5 Å². The van der Waals surface area contributed by atoms with Gasteiger partial charge in [0.05, 0.1) is 41.2 Å². The van der Waals surface area contributed by atoms with Crippen molar-refractivity contribution in [3.8, 4) is 17.1 Å². The third kappa shape index (κ3) is 3.01. The van der Waals surface area contributed by atoms with Crippen molar-refractivity contribution >= 4 is 23.6 Å². The summed E-state index contributed by atoms with van der Waals surface area (Å²) in [4.78, 5) is 11.2. The van der Waals surface area contributed by atoms with E-state index < -0.39 is 0 Å². The number of fused-ring (bicyclic) bond motifs is 4. The lowest BCUT2D eigenvalue weighted by atomic mass is 10.2. The van der Waals surface area contributed by atoms with Crippen LogP contribution < -0.4 is 10.5 Å². The van der Waals surface area contributed by atoms with Crippen molar-refractivity contribution < 1.29 is 4.74 Å². The second kappa shape index (κ2) is 6.99. The van der Waals surface area contributed by atoms with Crippen molar-refractivity contribution in [2.45, 2.75) is 6.54 Å². The minimum absolute atomic E-state index is 0.355. The number of likely N-dealkylation sites (N-methyl/N-ethyl adjacent to an activating group) is 1. The molecule has 10 nitrogen and oxygen atoms in total. The minimum Gasteiger partial charge on any atom is -0.476 e. The van der Waals surface area contributed by atoms with E-state index in [1.807, 2.05) is 41.6 Å². The molecule has 2 N–H and O–H groups in total. The van der Waals surface area contributed by atoms with Gasteiger partial charge in [0, 0.05) is 38.9 Å². The molecule has 5 rings (SSSR count). The van der Waals surface area contributed by atoms with Gasteiger partial charge in [0.25, 0.3) is 0 Å². The largest absolute Gasteiger partial charge is 0.476 e. The maximum Gasteiger partial charge on any atom is 0.221 e. The standard InChI is InChI=1S/C20H23N9O/c1-26-6-7-30-20-15(10-24-28(20)3)16-11-29-14(9-22-19(29)18(21)25-16)5-4-13-8-23-27(2)17(13)12-26/h4-5,8-11H,6-7,12H2,1-3H3,(H2,21,25)/b5-4+. The molecule has 0 atom stereocenters. The molecule has 1 aliphatic heterocycles. The molecule has 154 valence electrons. The number of ether oxygens (including phenoxy) is 1. The van der Waals surface area contributed by atoms with Crippen LogP contribution in [-0.2, 0) is 20.6 Å². The highest BCUT2D eigenvalue weighted by Gasteiger charge is 2.18. The van der Waals surface area contributed by atoms with E-state index in [0.29, 0.717) is 29.6 Å². The summed E-state index contributed by atoms with van der Waals surface area (Å²) in [6.07, 6.45) is 11.4. The fourth-order valence-electron chi connectivity index (χ4n) is 3.68. The monoisotopic (exact) mass is 405 g/mol. The Morgan fingerprint density at radius 3 is 2.73 bits per heavy atom. The van der Waals surface area contributed by atoms with Gasteiger partial charge in [-0.05, 0) is 19.2 Å². The van der Waals surface area contributed by atoms with Gasteiger partial charge in [0.2, 0.25) is 5.88 Å². The average Bonchev–Trinajstić information content (AvgIpc) is 3.39. The molecule has 2 bridgehead atoms. The highest BCUT2D eigenvalue weighted by molar-refractivity contribution is 5.75. The van der Waals surface area contributed by atoms with Crippen molar-refractivity contribution in [1.29, 1.82) is 0 Å². The molecule has 0 aliphatic carbocycles. The van der Waals surface area contributed by atoms with Crippen molar-refractivity contribution in [3.63, 3.8) is 0 Å². The normalized spacial score (nSPS) is 16.0. The maximum atomic E-state index is 6.22. The molecule has 10 heteroatoms. The van der Waals surface area contributed by atoms with E-state index in [-0.39, 0.29) is 0 Å². The lowest BCUT2D eigenvalue weighted by molar-refractivity contribution is 0.218. The van der Waals surface area contributed by atoms with E-state index >= 15 is 0 Å². The van der Waals surface area contributed by atoms with Gasteiger partial charge in [-0.15, -0.1) is 0 Å². The highest BCUT2D eigenvalue weighted by Crippen LogP contribution is 2.30. The molecule has 0 spiro atoms.